The van der Waals surface area contributed by atoms with Gasteiger partial charge in [0.1, 0.15) is 12.2 Å². The molecule has 10 nitrogen and oxygen atoms in total. The molecule has 1 amide bonds. The van der Waals surface area contributed by atoms with Crippen LogP contribution in [0.2, 0.25) is 0 Å². The number of aliphatic hydroxyl groups excluding tert-OH is 1. The molecule has 2 aromatic heterocycles. The quantitative estimate of drug-likeness (QED) is 0.691. The second-order valence-corrected chi connectivity index (χ2v) is 9.61. The maximum absolute atomic E-state index is 13.1. The zero-order chi connectivity index (χ0) is 23.8. The molecule has 0 radical (unpaired) electrons. The zero-order valence-electron chi connectivity index (χ0n) is 20.2. The normalized spacial score (nSPS) is 25.2. The van der Waals surface area contributed by atoms with E-state index in [1.165, 1.54) is 0 Å². The maximum Gasteiger partial charge on any atom is 0.225 e. The molecule has 34 heavy (non-hydrogen) atoms. The van der Waals surface area contributed by atoms with Gasteiger partial charge in [0.2, 0.25) is 5.91 Å². The lowest BCUT2D eigenvalue weighted by molar-refractivity contribution is -0.136. The minimum absolute atomic E-state index is 0.0460. The molecule has 10 heteroatoms. The van der Waals surface area contributed by atoms with E-state index >= 15 is 0 Å². The number of fused-ring (bicyclic) bond motifs is 1. The molecule has 2 aromatic rings. The number of amides is 1. The number of nitrogens with one attached hydrogen (secondary N) is 1. The molecule has 5 rings (SSSR count). The smallest absolute Gasteiger partial charge is 0.225 e. The van der Waals surface area contributed by atoms with Crippen LogP contribution in [-0.4, -0.2) is 80.1 Å². The van der Waals surface area contributed by atoms with Gasteiger partial charge in [-0.25, -0.2) is 15.0 Å². The molecule has 2 fully saturated rings. The number of likely N-dealkylation sites (N-methyl/N-ethyl adjacent to an activating group) is 1. The molecule has 1 aliphatic carbocycles. The lowest BCUT2D eigenvalue weighted by atomic mass is 9.86. The summed E-state index contributed by atoms with van der Waals surface area (Å²) >= 11 is 0. The van der Waals surface area contributed by atoms with Gasteiger partial charge in [-0.05, 0) is 46.0 Å². The number of imidazole rings is 1. The van der Waals surface area contributed by atoms with E-state index in [2.05, 4.69) is 36.7 Å². The highest BCUT2D eigenvalue weighted by molar-refractivity contribution is 5.89. The van der Waals surface area contributed by atoms with Crippen molar-refractivity contribution in [2.24, 2.45) is 10.9 Å². The van der Waals surface area contributed by atoms with Crippen LogP contribution in [0.4, 0.5) is 5.82 Å². The number of rotatable bonds is 5. The monoisotopic (exact) mass is 466 g/mol. The van der Waals surface area contributed by atoms with Crippen molar-refractivity contribution in [2.45, 2.75) is 64.6 Å². The van der Waals surface area contributed by atoms with Gasteiger partial charge in [-0.2, -0.15) is 0 Å². The van der Waals surface area contributed by atoms with Crippen molar-refractivity contribution < 1.29 is 9.90 Å². The third-order valence-electron chi connectivity index (χ3n) is 7.46. The van der Waals surface area contributed by atoms with Gasteiger partial charge in [-0.1, -0.05) is 0 Å². The Labute approximate surface area is 199 Å². The maximum atomic E-state index is 13.1. The summed E-state index contributed by atoms with van der Waals surface area (Å²) in [4.78, 5) is 35.9. The van der Waals surface area contributed by atoms with Gasteiger partial charge in [0.25, 0.3) is 0 Å². The number of likely N-dealkylation sites (tertiary alicyclic amines) is 1. The Morgan fingerprint density at radius 2 is 2.03 bits per heavy atom. The van der Waals surface area contributed by atoms with E-state index in [4.69, 9.17) is 4.98 Å². The zero-order valence-corrected chi connectivity index (χ0v) is 20.2. The lowest BCUT2D eigenvalue weighted by Crippen LogP contribution is -2.40. The number of hydrogen-bond acceptors (Lipinski definition) is 8. The van der Waals surface area contributed by atoms with Gasteiger partial charge in [0.15, 0.2) is 17.0 Å². The predicted octanol–water partition coefficient (Wildman–Crippen LogP) is 1.80. The van der Waals surface area contributed by atoms with Crippen LogP contribution in [0.5, 0.6) is 0 Å². The van der Waals surface area contributed by atoms with Gasteiger partial charge in [0, 0.05) is 50.4 Å². The molecule has 0 bridgehead atoms. The third kappa shape index (κ3) is 4.15. The molecular weight excluding hydrogens is 432 g/mol. The van der Waals surface area contributed by atoms with Gasteiger partial charge >= 0.3 is 0 Å². The highest BCUT2D eigenvalue weighted by Crippen LogP contribution is 2.31. The fourth-order valence-corrected chi connectivity index (χ4v) is 5.36. The summed E-state index contributed by atoms with van der Waals surface area (Å²) in [5.74, 6) is 2.83. The number of carbonyl (C=O) groups is 1. The SMILES string of the molecule is CCn1c(C2=CNC(C)=NC2)nc2c(N(C)C3CCN(C(=O)C4CCC(O)CC4)C3)ncnc21. The molecule has 1 saturated heterocycles. The molecule has 0 spiro atoms. The van der Waals surface area contributed by atoms with E-state index < -0.39 is 0 Å². The summed E-state index contributed by atoms with van der Waals surface area (Å²) in [6, 6.07) is 0.175. The summed E-state index contributed by atoms with van der Waals surface area (Å²) in [7, 11) is 2.04. The molecule has 0 aromatic carbocycles. The van der Waals surface area contributed by atoms with E-state index in [-0.39, 0.29) is 24.0 Å². The van der Waals surface area contributed by atoms with Crippen LogP contribution in [0, 0.1) is 5.92 Å². The topological polar surface area (TPSA) is 112 Å². The van der Waals surface area contributed by atoms with Crippen LogP contribution >= 0.6 is 0 Å². The average Bonchev–Trinajstić information content (AvgIpc) is 3.49. The van der Waals surface area contributed by atoms with Crippen molar-refractivity contribution in [2.75, 3.05) is 31.6 Å². The number of aliphatic hydroxyl groups is 1. The highest BCUT2D eigenvalue weighted by atomic mass is 16.3. The van der Waals surface area contributed by atoms with Crippen LogP contribution in [0.25, 0.3) is 16.7 Å². The van der Waals surface area contributed by atoms with Crippen LogP contribution in [0.3, 0.4) is 0 Å². The van der Waals surface area contributed by atoms with Gasteiger partial charge in [0.05, 0.1) is 18.5 Å². The number of hydrogen-bond donors (Lipinski definition) is 2. The molecular formula is C24H34N8O2. The Morgan fingerprint density at radius 1 is 1.24 bits per heavy atom. The van der Waals surface area contributed by atoms with Crippen LogP contribution in [0.15, 0.2) is 17.5 Å². The lowest BCUT2D eigenvalue weighted by Gasteiger charge is -2.29. The van der Waals surface area contributed by atoms with Crippen molar-refractivity contribution in [1.82, 2.24) is 29.7 Å². The number of nitrogens with zero attached hydrogens (tertiary/aromatic N) is 7. The van der Waals surface area contributed by atoms with Crippen molar-refractivity contribution in [3.05, 3.63) is 18.4 Å². The van der Waals surface area contributed by atoms with Crippen molar-refractivity contribution >= 4 is 34.3 Å². The first-order chi connectivity index (χ1) is 16.5. The number of aliphatic imine (C=N–C) groups is 1. The van der Waals surface area contributed by atoms with Gasteiger partial charge < -0.3 is 24.8 Å². The number of anilines is 1. The fourth-order valence-electron chi connectivity index (χ4n) is 5.36. The Balaban J connectivity index is 1.36. The summed E-state index contributed by atoms with van der Waals surface area (Å²) < 4.78 is 2.11. The second kappa shape index (κ2) is 9.32. The number of amidine groups is 1. The van der Waals surface area contributed by atoms with Crippen LogP contribution < -0.4 is 10.2 Å². The molecule has 182 valence electrons. The van der Waals surface area contributed by atoms with Gasteiger partial charge in [-0.3, -0.25) is 9.79 Å². The minimum Gasteiger partial charge on any atom is -0.393 e. The predicted molar refractivity (Wildman–Crippen MR) is 131 cm³/mol. The molecule has 2 aliphatic heterocycles. The highest BCUT2D eigenvalue weighted by Gasteiger charge is 2.35. The number of aryl methyl sites for hydroxylation is 1. The first-order valence-electron chi connectivity index (χ1n) is 12.3. The first kappa shape index (κ1) is 22.8. The Hall–Kier alpha value is -3.01. The Bertz CT molecular complexity index is 1130. The minimum atomic E-state index is -0.245. The molecule has 3 aliphatic rings. The standard InChI is InChI=1S/C24H34N8O2/c1-4-32-21(17-11-25-15(2)26-12-17)29-20-22(27-14-28-23(20)32)30(3)18-9-10-31(13-18)24(34)16-5-7-19(33)8-6-16/h11,14,16,18-19,33H,4-10,12-13H2,1-3H3,(H,25,26). The van der Waals surface area contributed by atoms with E-state index in [0.717, 1.165) is 79.4 Å². The second-order valence-electron chi connectivity index (χ2n) is 9.61. The largest absolute Gasteiger partial charge is 0.393 e. The molecule has 1 atom stereocenters. The van der Waals surface area contributed by atoms with Crippen molar-refractivity contribution in [3.63, 3.8) is 0 Å². The van der Waals surface area contributed by atoms with E-state index in [1.54, 1.807) is 6.33 Å². The van der Waals surface area contributed by atoms with Crippen molar-refractivity contribution in [3.8, 4) is 0 Å². The Morgan fingerprint density at radius 3 is 2.74 bits per heavy atom. The van der Waals surface area contributed by atoms with Crippen LogP contribution in [0.1, 0.15) is 51.8 Å². The molecule has 2 N–H and O–H groups in total. The first-order valence-corrected chi connectivity index (χ1v) is 12.3. The van der Waals surface area contributed by atoms with Crippen LogP contribution in [-0.2, 0) is 11.3 Å². The van der Waals surface area contributed by atoms with Crippen molar-refractivity contribution in [1.29, 1.82) is 0 Å². The summed E-state index contributed by atoms with van der Waals surface area (Å²) in [5.41, 5.74) is 2.61. The molecule has 1 saturated carbocycles. The van der Waals surface area contributed by atoms with Gasteiger partial charge in [-0.15, -0.1) is 0 Å². The number of aromatic nitrogens is 4. The summed E-state index contributed by atoms with van der Waals surface area (Å²) in [5, 5.41) is 13.0. The Kier molecular flexibility index (Phi) is 6.24. The van der Waals surface area contributed by atoms with E-state index in [9.17, 15) is 9.90 Å². The van der Waals surface area contributed by atoms with E-state index in [1.807, 2.05) is 25.1 Å². The van der Waals surface area contributed by atoms with E-state index in [0.29, 0.717) is 13.1 Å². The third-order valence-corrected chi connectivity index (χ3v) is 7.46. The summed E-state index contributed by atoms with van der Waals surface area (Å²) in [6.45, 7) is 6.80. The summed E-state index contributed by atoms with van der Waals surface area (Å²) in [6.07, 6.45) is 7.25. The average molecular weight is 467 g/mol. The fraction of sp³-hybridized carbons (Fsp3) is 0.625. The molecule has 1 unspecified atom stereocenters. The molecule has 4 heterocycles. The number of carbonyl (C=O) groups excluding carboxylic acids is 1.